The van der Waals surface area contributed by atoms with E-state index in [1.54, 1.807) is 0 Å². The number of aromatic nitrogens is 4. The van der Waals surface area contributed by atoms with E-state index in [0.29, 0.717) is 5.95 Å². The molecule has 0 radical (unpaired) electrons. The average Bonchev–Trinajstić information content (AvgIpc) is 2.98. The third kappa shape index (κ3) is 2.28. The molecule has 0 aliphatic carbocycles. The zero-order valence-corrected chi connectivity index (χ0v) is 12.8. The molecule has 0 saturated carbocycles. The van der Waals surface area contributed by atoms with Crippen LogP contribution >= 0.6 is 0 Å². The van der Waals surface area contributed by atoms with E-state index in [4.69, 9.17) is 5.73 Å². The quantitative estimate of drug-likeness (QED) is 0.801. The van der Waals surface area contributed by atoms with Crippen LogP contribution in [0.5, 0.6) is 0 Å². The van der Waals surface area contributed by atoms with Crippen LogP contribution in [0.1, 0.15) is 30.7 Å². The Morgan fingerprint density at radius 3 is 2.38 bits per heavy atom. The van der Waals surface area contributed by atoms with Crippen molar-refractivity contribution in [2.75, 3.05) is 5.73 Å². The lowest BCUT2D eigenvalue weighted by molar-refractivity contribution is 0.648. The second-order valence-corrected chi connectivity index (χ2v) is 5.30. The molecule has 2 aromatic heterocycles. The molecule has 0 spiro atoms. The average molecular weight is 283 g/mol. The number of hydrogen-bond acceptors (Lipinski definition) is 3. The van der Waals surface area contributed by atoms with E-state index < -0.39 is 0 Å². The van der Waals surface area contributed by atoms with Crippen molar-refractivity contribution in [1.29, 1.82) is 0 Å². The maximum atomic E-state index is 6.10. The summed E-state index contributed by atoms with van der Waals surface area (Å²) in [6.07, 6.45) is 1.06. The minimum atomic E-state index is 0.548. The third-order valence-electron chi connectivity index (χ3n) is 3.90. The maximum Gasteiger partial charge on any atom is 0.202 e. The van der Waals surface area contributed by atoms with Gasteiger partial charge in [-0.15, -0.1) is 0 Å². The van der Waals surface area contributed by atoms with E-state index in [9.17, 15) is 0 Å². The summed E-state index contributed by atoms with van der Waals surface area (Å²) in [5.41, 5.74) is 11.5. The molecule has 0 amide bonds. The molecule has 0 aliphatic rings. The van der Waals surface area contributed by atoms with Crippen molar-refractivity contribution in [2.45, 2.75) is 40.3 Å². The summed E-state index contributed by atoms with van der Waals surface area (Å²) in [5.74, 6) is 0.548. The number of nitrogens with zero attached hydrogens (tertiary/aromatic N) is 4. The van der Waals surface area contributed by atoms with Crippen LogP contribution in [0.15, 0.2) is 24.3 Å². The number of nitrogens with two attached hydrogens (primary N) is 1. The van der Waals surface area contributed by atoms with E-state index >= 15 is 0 Å². The van der Waals surface area contributed by atoms with Gasteiger partial charge in [-0.25, -0.2) is 9.67 Å². The highest BCUT2D eigenvalue weighted by molar-refractivity contribution is 5.77. The first-order valence-corrected chi connectivity index (χ1v) is 7.41. The highest BCUT2D eigenvalue weighted by Gasteiger charge is 2.16. The van der Waals surface area contributed by atoms with Crippen LogP contribution < -0.4 is 5.73 Å². The van der Waals surface area contributed by atoms with Crippen LogP contribution in [0.4, 0.5) is 5.95 Å². The van der Waals surface area contributed by atoms with Crippen LogP contribution in [-0.4, -0.2) is 19.3 Å². The van der Waals surface area contributed by atoms with Crippen LogP contribution in [0.2, 0.25) is 0 Å². The van der Waals surface area contributed by atoms with Gasteiger partial charge in [0.15, 0.2) is 5.65 Å². The summed E-state index contributed by atoms with van der Waals surface area (Å²) in [7, 11) is 0. The van der Waals surface area contributed by atoms with Crippen LogP contribution in [0.3, 0.4) is 0 Å². The van der Waals surface area contributed by atoms with Crippen molar-refractivity contribution in [3.8, 4) is 0 Å². The first-order valence-electron chi connectivity index (χ1n) is 7.41. The second kappa shape index (κ2) is 5.24. The zero-order valence-electron chi connectivity index (χ0n) is 12.8. The number of fused-ring (bicyclic) bond motifs is 1. The highest BCUT2D eigenvalue weighted by Crippen LogP contribution is 2.22. The molecule has 1 aromatic carbocycles. The summed E-state index contributed by atoms with van der Waals surface area (Å²) in [4.78, 5) is 4.47. The van der Waals surface area contributed by atoms with Crippen LogP contribution in [0.25, 0.3) is 11.2 Å². The molecule has 2 N–H and O–H groups in total. The predicted octanol–water partition coefficient (Wildman–Crippen LogP) is 2.75. The van der Waals surface area contributed by atoms with Gasteiger partial charge in [-0.2, -0.15) is 5.10 Å². The standard InChI is InChI=1S/C16H21N5/c1-4-12-6-8-13(9-7-12)10-20-15-14(18-16(20)17)11(3)19-21(15)5-2/h6-9H,4-5,10H2,1-3H3,(H2,17,18). The van der Waals surface area contributed by atoms with E-state index in [1.165, 1.54) is 11.1 Å². The van der Waals surface area contributed by atoms with Gasteiger partial charge in [-0.3, -0.25) is 4.57 Å². The fourth-order valence-electron chi connectivity index (χ4n) is 2.68. The summed E-state index contributed by atoms with van der Waals surface area (Å²) in [5, 5.41) is 4.52. The molecule has 5 nitrogen and oxygen atoms in total. The Hall–Kier alpha value is -2.30. The minimum Gasteiger partial charge on any atom is -0.369 e. The first kappa shape index (κ1) is 13.7. The largest absolute Gasteiger partial charge is 0.369 e. The van der Waals surface area contributed by atoms with Crippen molar-refractivity contribution < 1.29 is 0 Å². The fraction of sp³-hybridized carbons (Fsp3) is 0.375. The van der Waals surface area contributed by atoms with E-state index in [0.717, 1.165) is 36.4 Å². The van der Waals surface area contributed by atoms with Gasteiger partial charge in [-0.1, -0.05) is 31.2 Å². The molecule has 0 fully saturated rings. The lowest BCUT2D eigenvalue weighted by atomic mass is 10.1. The lowest BCUT2D eigenvalue weighted by Gasteiger charge is -2.08. The van der Waals surface area contributed by atoms with Crippen molar-refractivity contribution in [2.24, 2.45) is 0 Å². The van der Waals surface area contributed by atoms with Gasteiger partial charge in [0, 0.05) is 6.54 Å². The topological polar surface area (TPSA) is 61.7 Å². The molecule has 0 unspecified atom stereocenters. The number of aryl methyl sites for hydroxylation is 3. The van der Waals surface area contributed by atoms with Crippen LogP contribution in [0, 0.1) is 6.92 Å². The molecule has 0 aliphatic heterocycles. The third-order valence-corrected chi connectivity index (χ3v) is 3.90. The van der Waals surface area contributed by atoms with Gasteiger partial charge < -0.3 is 5.73 Å². The predicted molar refractivity (Wildman–Crippen MR) is 85.3 cm³/mol. The summed E-state index contributed by atoms with van der Waals surface area (Å²) >= 11 is 0. The molecule has 3 rings (SSSR count). The molecule has 21 heavy (non-hydrogen) atoms. The van der Waals surface area contributed by atoms with Gasteiger partial charge in [0.25, 0.3) is 0 Å². The molecular formula is C16H21N5. The number of nitrogen functional groups attached to an aromatic ring is 1. The number of hydrogen-bond donors (Lipinski definition) is 1. The molecule has 5 heteroatoms. The van der Waals surface area contributed by atoms with Gasteiger partial charge >= 0.3 is 0 Å². The Labute approximate surface area is 124 Å². The Kier molecular flexibility index (Phi) is 3.41. The van der Waals surface area contributed by atoms with E-state index in [2.05, 4.69) is 48.2 Å². The van der Waals surface area contributed by atoms with Crippen molar-refractivity contribution in [3.05, 3.63) is 41.1 Å². The Balaban J connectivity index is 2.04. The van der Waals surface area contributed by atoms with Crippen molar-refractivity contribution in [1.82, 2.24) is 19.3 Å². The fourth-order valence-corrected chi connectivity index (χ4v) is 2.68. The van der Waals surface area contributed by atoms with Gasteiger partial charge in [0.1, 0.15) is 5.52 Å². The van der Waals surface area contributed by atoms with Crippen molar-refractivity contribution in [3.63, 3.8) is 0 Å². The van der Waals surface area contributed by atoms with Gasteiger partial charge in [0.05, 0.1) is 12.2 Å². The summed E-state index contributed by atoms with van der Waals surface area (Å²) in [6.45, 7) is 7.74. The zero-order chi connectivity index (χ0) is 15.0. The maximum absolute atomic E-state index is 6.10. The monoisotopic (exact) mass is 283 g/mol. The van der Waals surface area contributed by atoms with Crippen molar-refractivity contribution >= 4 is 17.1 Å². The molecular weight excluding hydrogens is 262 g/mol. The number of rotatable bonds is 4. The molecule has 2 heterocycles. The SMILES string of the molecule is CCc1ccc(Cn2c(N)nc3c(C)nn(CC)c32)cc1. The van der Waals surface area contributed by atoms with Gasteiger partial charge in [-0.05, 0) is 31.4 Å². The second-order valence-electron chi connectivity index (χ2n) is 5.30. The normalized spacial score (nSPS) is 11.4. The number of benzene rings is 1. The highest BCUT2D eigenvalue weighted by atomic mass is 15.4. The number of imidazole rings is 1. The lowest BCUT2D eigenvalue weighted by Crippen LogP contribution is -2.09. The molecule has 3 aromatic rings. The minimum absolute atomic E-state index is 0.548. The van der Waals surface area contributed by atoms with Crippen LogP contribution in [-0.2, 0) is 19.5 Å². The molecule has 110 valence electrons. The van der Waals surface area contributed by atoms with E-state index in [1.807, 2.05) is 16.2 Å². The Bertz CT molecular complexity index is 764. The number of anilines is 1. The first-order chi connectivity index (χ1) is 10.1. The molecule has 0 saturated heterocycles. The van der Waals surface area contributed by atoms with E-state index in [-0.39, 0.29) is 0 Å². The Morgan fingerprint density at radius 1 is 1.10 bits per heavy atom. The van der Waals surface area contributed by atoms with Gasteiger partial charge in [0.2, 0.25) is 5.95 Å². The molecule has 0 atom stereocenters. The summed E-state index contributed by atoms with van der Waals surface area (Å²) < 4.78 is 4.01. The smallest absolute Gasteiger partial charge is 0.202 e. The molecule has 0 bridgehead atoms. The summed E-state index contributed by atoms with van der Waals surface area (Å²) in [6, 6.07) is 8.65. The Morgan fingerprint density at radius 2 is 1.76 bits per heavy atom.